The van der Waals surface area contributed by atoms with E-state index in [9.17, 15) is 10.0 Å². The Morgan fingerprint density at radius 1 is 1.13 bits per heavy atom. The van der Waals surface area contributed by atoms with Gasteiger partial charge in [0, 0.05) is 18.2 Å². The third kappa shape index (κ3) is 4.12. The van der Waals surface area contributed by atoms with Crippen LogP contribution < -0.4 is 5.73 Å². The number of hydrogen-bond acceptors (Lipinski definition) is 6. The number of nitrogens with two attached hydrogens (primary N) is 1. The summed E-state index contributed by atoms with van der Waals surface area (Å²) in [6.45, 7) is 2.24. The van der Waals surface area contributed by atoms with E-state index in [-0.39, 0.29) is 6.54 Å². The number of hydroxylamine groups is 1. The summed E-state index contributed by atoms with van der Waals surface area (Å²) in [5, 5.41) is 32.3. The predicted octanol–water partition coefficient (Wildman–Crippen LogP) is 3.41. The Hall–Kier alpha value is -3.43. The molecule has 4 rings (SSSR count). The van der Waals surface area contributed by atoms with E-state index >= 15 is 0 Å². The molecule has 9 heteroatoms. The maximum Gasteiger partial charge on any atom is 0.267 e. The first-order chi connectivity index (χ1) is 14.5. The standard InChI is InChI=1S/C21H23N7O2/c1-2-16-12-15(13-17-19(16)24-25-20(17)21(22)29)8-9-18-23-27-28(30,26-18)11-10-14-6-4-3-5-7-14/h3-7,12-13H,2,8-11H2,1H3,(H2,22,29)(H,24,25). The van der Waals surface area contributed by atoms with Gasteiger partial charge < -0.3 is 10.9 Å². The van der Waals surface area contributed by atoms with E-state index in [4.69, 9.17) is 5.73 Å². The van der Waals surface area contributed by atoms with Crippen molar-refractivity contribution in [2.75, 3.05) is 6.54 Å². The third-order valence-electron chi connectivity index (χ3n) is 5.17. The number of H-pyrrole nitrogens is 1. The molecule has 0 saturated carbocycles. The summed E-state index contributed by atoms with van der Waals surface area (Å²) in [4.78, 5) is 10.6. The number of amidine groups is 1. The van der Waals surface area contributed by atoms with E-state index in [1.165, 1.54) is 0 Å². The van der Waals surface area contributed by atoms with Gasteiger partial charge in [-0.15, -0.1) is 0 Å². The third-order valence-corrected chi connectivity index (χ3v) is 5.17. The smallest absolute Gasteiger partial charge is 0.267 e. The lowest BCUT2D eigenvalue weighted by Crippen LogP contribution is -2.30. The zero-order valence-corrected chi connectivity index (χ0v) is 16.7. The van der Waals surface area contributed by atoms with Gasteiger partial charge in [0.2, 0.25) is 5.84 Å². The van der Waals surface area contributed by atoms with E-state index in [1.54, 1.807) is 0 Å². The van der Waals surface area contributed by atoms with Gasteiger partial charge in [-0.05, 0) is 40.7 Å². The molecular weight excluding hydrogens is 382 g/mol. The van der Waals surface area contributed by atoms with Crippen LogP contribution in [0, 0.1) is 5.21 Å². The minimum atomic E-state index is -1.03. The van der Waals surface area contributed by atoms with E-state index in [0.717, 1.165) is 28.6 Å². The van der Waals surface area contributed by atoms with Gasteiger partial charge in [0.1, 0.15) is 12.2 Å². The number of nitrogens with zero attached hydrogens (tertiary/aromatic N) is 5. The summed E-state index contributed by atoms with van der Waals surface area (Å²) >= 11 is 0. The Morgan fingerprint density at radius 3 is 2.67 bits per heavy atom. The molecule has 1 amide bonds. The van der Waals surface area contributed by atoms with Crippen molar-refractivity contribution in [3.05, 3.63) is 70.1 Å². The topological polar surface area (TPSA) is 132 Å². The summed E-state index contributed by atoms with van der Waals surface area (Å²) in [5.74, 6) is -0.115. The molecule has 2 heterocycles. The number of hydrogen-bond donors (Lipinski definition) is 2. The van der Waals surface area contributed by atoms with E-state index < -0.39 is 10.8 Å². The number of fused-ring (bicyclic) bond motifs is 1. The number of nitrogens with one attached hydrogen (secondary N) is 1. The molecule has 9 nitrogen and oxygen atoms in total. The van der Waals surface area contributed by atoms with Crippen LogP contribution in [0.1, 0.15) is 40.5 Å². The molecule has 3 aromatic rings. The second-order valence-electron chi connectivity index (χ2n) is 7.30. The fourth-order valence-electron chi connectivity index (χ4n) is 3.57. The van der Waals surface area contributed by atoms with Gasteiger partial charge in [0.15, 0.2) is 0 Å². The highest BCUT2D eigenvalue weighted by molar-refractivity contribution is 6.04. The Labute approximate surface area is 173 Å². The lowest BCUT2D eigenvalue weighted by molar-refractivity contribution is -0.894. The van der Waals surface area contributed by atoms with Crippen LogP contribution in [-0.4, -0.2) is 33.3 Å². The number of carbonyl (C=O) groups is 1. The molecule has 0 saturated heterocycles. The predicted molar refractivity (Wildman–Crippen MR) is 113 cm³/mol. The Morgan fingerprint density at radius 2 is 1.93 bits per heavy atom. The molecule has 1 unspecified atom stereocenters. The van der Waals surface area contributed by atoms with E-state index in [2.05, 4.69) is 31.7 Å². The van der Waals surface area contributed by atoms with Crippen LogP contribution in [0.25, 0.3) is 10.9 Å². The molecule has 30 heavy (non-hydrogen) atoms. The first-order valence-electron chi connectivity index (χ1n) is 9.92. The van der Waals surface area contributed by atoms with Gasteiger partial charge in [0.25, 0.3) is 5.91 Å². The number of rotatable bonds is 8. The first-order valence-corrected chi connectivity index (χ1v) is 9.92. The maximum atomic E-state index is 12.7. The van der Waals surface area contributed by atoms with E-state index in [0.29, 0.717) is 36.2 Å². The van der Waals surface area contributed by atoms with Crippen LogP contribution in [0.5, 0.6) is 0 Å². The number of aromatic amines is 1. The Bertz CT molecular complexity index is 1140. The van der Waals surface area contributed by atoms with Crippen molar-refractivity contribution in [2.24, 2.45) is 21.2 Å². The normalized spacial score (nSPS) is 18.1. The highest BCUT2D eigenvalue weighted by Crippen LogP contribution is 2.25. The number of carbonyl (C=O) groups excluding carboxylic acids is 1. The summed E-state index contributed by atoms with van der Waals surface area (Å²) in [6, 6.07) is 13.7. The molecular formula is C21H23N7O2. The van der Waals surface area contributed by atoms with Crippen molar-refractivity contribution in [3.63, 3.8) is 0 Å². The van der Waals surface area contributed by atoms with Gasteiger partial charge in [0.05, 0.1) is 10.7 Å². The number of aromatic nitrogens is 2. The van der Waals surface area contributed by atoms with Gasteiger partial charge in [-0.1, -0.05) is 53.3 Å². The van der Waals surface area contributed by atoms with E-state index in [1.807, 2.05) is 43.3 Å². The molecule has 0 spiro atoms. The van der Waals surface area contributed by atoms with Crippen molar-refractivity contribution in [3.8, 4) is 0 Å². The molecule has 1 aliphatic rings. The number of aryl methyl sites for hydroxylation is 2. The average Bonchev–Trinajstić information content (AvgIpc) is 3.35. The molecule has 0 bridgehead atoms. The van der Waals surface area contributed by atoms with Crippen molar-refractivity contribution < 1.29 is 9.66 Å². The number of benzene rings is 2. The summed E-state index contributed by atoms with van der Waals surface area (Å²) < 4.78 is 0. The molecule has 1 atom stereocenters. The molecule has 3 N–H and O–H groups in total. The van der Waals surface area contributed by atoms with Crippen LogP contribution >= 0.6 is 0 Å². The maximum absolute atomic E-state index is 12.7. The van der Waals surface area contributed by atoms with Crippen LogP contribution in [-0.2, 0) is 19.3 Å². The summed E-state index contributed by atoms with van der Waals surface area (Å²) in [6.07, 6.45) is 2.44. The van der Waals surface area contributed by atoms with Crippen molar-refractivity contribution in [1.82, 2.24) is 10.2 Å². The van der Waals surface area contributed by atoms with Gasteiger partial charge >= 0.3 is 0 Å². The summed E-state index contributed by atoms with van der Waals surface area (Å²) in [5.41, 5.74) is 9.59. The van der Waals surface area contributed by atoms with Crippen LogP contribution in [0.3, 0.4) is 0 Å². The van der Waals surface area contributed by atoms with Crippen LogP contribution in [0.2, 0.25) is 0 Å². The number of amides is 1. The SMILES string of the molecule is CCc1cc(CCC2=N[N+]([O-])(CCc3ccccc3)N=N2)cc2c(C(N)=O)[nH]nc12. The molecule has 1 aromatic heterocycles. The Kier molecular flexibility index (Phi) is 5.39. The minimum absolute atomic E-state index is 0.208. The molecule has 0 radical (unpaired) electrons. The largest absolute Gasteiger partial charge is 0.576 e. The number of primary amides is 1. The first kappa shape index (κ1) is 19.9. The molecule has 2 aromatic carbocycles. The zero-order chi connectivity index (χ0) is 21.1. The van der Waals surface area contributed by atoms with Gasteiger partial charge in [-0.25, -0.2) is 0 Å². The monoisotopic (exact) mass is 405 g/mol. The average molecular weight is 405 g/mol. The lowest BCUT2D eigenvalue weighted by atomic mass is 10.00. The van der Waals surface area contributed by atoms with Crippen LogP contribution in [0.15, 0.2) is 57.9 Å². The second kappa shape index (κ2) is 8.13. The molecule has 1 aliphatic heterocycles. The minimum Gasteiger partial charge on any atom is -0.576 e. The van der Waals surface area contributed by atoms with Crippen molar-refractivity contribution in [2.45, 2.75) is 32.6 Å². The van der Waals surface area contributed by atoms with Crippen LogP contribution in [0.4, 0.5) is 0 Å². The van der Waals surface area contributed by atoms with Gasteiger partial charge in [-0.3, -0.25) is 9.89 Å². The summed E-state index contributed by atoms with van der Waals surface area (Å²) in [7, 11) is 0. The lowest BCUT2D eigenvalue weighted by Gasteiger charge is -2.23. The highest BCUT2D eigenvalue weighted by atomic mass is 16.6. The van der Waals surface area contributed by atoms with Crippen molar-refractivity contribution in [1.29, 1.82) is 0 Å². The van der Waals surface area contributed by atoms with Gasteiger partial charge in [-0.2, -0.15) is 5.10 Å². The molecule has 154 valence electrons. The fourth-order valence-corrected chi connectivity index (χ4v) is 3.57. The zero-order valence-electron chi connectivity index (χ0n) is 16.7. The Balaban J connectivity index is 1.46. The molecule has 0 fully saturated rings. The second-order valence-corrected chi connectivity index (χ2v) is 7.30. The highest BCUT2D eigenvalue weighted by Gasteiger charge is 2.25. The fraction of sp³-hybridized carbons (Fsp3) is 0.286. The van der Waals surface area contributed by atoms with Crippen molar-refractivity contribution >= 4 is 22.6 Å². The number of quaternary nitrogens is 1. The quantitative estimate of drug-likeness (QED) is 0.439. The molecule has 0 aliphatic carbocycles.